The van der Waals surface area contributed by atoms with E-state index < -0.39 is 5.54 Å². The largest absolute Gasteiger partial charge is 0.320 e. The summed E-state index contributed by atoms with van der Waals surface area (Å²) in [5.74, 6) is 0. The van der Waals surface area contributed by atoms with Gasteiger partial charge in [-0.15, -0.1) is 0 Å². The number of hydrogen-bond acceptors (Lipinski definition) is 4. The van der Waals surface area contributed by atoms with Gasteiger partial charge in [0.25, 0.3) is 0 Å². The van der Waals surface area contributed by atoms with Crippen LogP contribution in [0, 0.1) is 0 Å². The number of allylic oxidation sites excluding steroid dienone is 1. The minimum atomic E-state index is -0.483. The van der Waals surface area contributed by atoms with Crippen LogP contribution in [0.5, 0.6) is 0 Å². The summed E-state index contributed by atoms with van der Waals surface area (Å²) in [7, 11) is 0. The molecule has 0 amide bonds. The predicted molar refractivity (Wildman–Crippen MR) is 162 cm³/mol. The Bertz CT molecular complexity index is 1370. The molecule has 4 nitrogen and oxygen atoms in total. The van der Waals surface area contributed by atoms with Gasteiger partial charge >= 0.3 is 0 Å². The van der Waals surface area contributed by atoms with Crippen molar-refractivity contribution in [2.45, 2.75) is 65.3 Å². The summed E-state index contributed by atoms with van der Waals surface area (Å²) in [6.07, 6.45) is 5.37. The SMILES string of the molecule is C=C(C)c1ccc(N(c2ccc(C(C)(C)C)cc2)c2ccc(-c3cccnc3C(N)(CC)CC)nc2)cc1. The van der Waals surface area contributed by atoms with Crippen molar-refractivity contribution in [3.05, 3.63) is 109 Å². The summed E-state index contributed by atoms with van der Waals surface area (Å²) >= 11 is 0. The fourth-order valence-corrected chi connectivity index (χ4v) is 4.72. The highest BCUT2D eigenvalue weighted by atomic mass is 15.1. The van der Waals surface area contributed by atoms with Crippen LogP contribution in [0.4, 0.5) is 17.1 Å². The molecule has 0 radical (unpaired) electrons. The summed E-state index contributed by atoms with van der Waals surface area (Å²) in [5, 5.41) is 0. The Balaban J connectivity index is 1.78. The molecule has 0 aliphatic heterocycles. The van der Waals surface area contributed by atoms with Crippen LogP contribution in [0.15, 0.2) is 91.8 Å². The maximum Gasteiger partial charge on any atom is 0.0722 e. The number of hydrogen-bond donors (Lipinski definition) is 1. The van der Waals surface area contributed by atoms with E-state index in [4.69, 9.17) is 10.7 Å². The number of anilines is 3. The lowest BCUT2D eigenvalue weighted by atomic mass is 9.86. The summed E-state index contributed by atoms with van der Waals surface area (Å²) < 4.78 is 0. The topological polar surface area (TPSA) is 55.0 Å². The first kappa shape index (κ1) is 27.3. The number of pyridine rings is 2. The molecular formula is C34H40N4. The van der Waals surface area contributed by atoms with Crippen molar-refractivity contribution in [1.29, 1.82) is 0 Å². The number of benzene rings is 2. The lowest BCUT2D eigenvalue weighted by Gasteiger charge is -2.28. The normalized spacial score (nSPS) is 11.9. The molecule has 0 atom stereocenters. The maximum absolute atomic E-state index is 6.76. The minimum absolute atomic E-state index is 0.0896. The minimum Gasteiger partial charge on any atom is -0.320 e. The van der Waals surface area contributed by atoms with Crippen LogP contribution >= 0.6 is 0 Å². The van der Waals surface area contributed by atoms with Gasteiger partial charge in [-0.2, -0.15) is 0 Å². The highest BCUT2D eigenvalue weighted by Crippen LogP contribution is 2.38. The Hall–Kier alpha value is -3.76. The third kappa shape index (κ3) is 5.56. The average molecular weight is 505 g/mol. The van der Waals surface area contributed by atoms with E-state index in [1.807, 2.05) is 25.4 Å². The van der Waals surface area contributed by atoms with E-state index in [-0.39, 0.29) is 5.41 Å². The summed E-state index contributed by atoms with van der Waals surface area (Å²) in [5.41, 5.74) is 15.7. The van der Waals surface area contributed by atoms with Crippen molar-refractivity contribution in [3.63, 3.8) is 0 Å². The second-order valence-electron chi connectivity index (χ2n) is 11.1. The van der Waals surface area contributed by atoms with Crippen LogP contribution in [0.3, 0.4) is 0 Å². The van der Waals surface area contributed by atoms with E-state index in [0.717, 1.165) is 58.0 Å². The molecular weight excluding hydrogens is 464 g/mol. The number of rotatable bonds is 8. The molecule has 4 aromatic rings. The molecule has 0 saturated heterocycles. The van der Waals surface area contributed by atoms with Crippen LogP contribution in [0.2, 0.25) is 0 Å². The zero-order chi connectivity index (χ0) is 27.5. The van der Waals surface area contributed by atoms with Gasteiger partial charge in [0.15, 0.2) is 0 Å². The smallest absolute Gasteiger partial charge is 0.0722 e. The molecule has 0 saturated carbocycles. The molecule has 2 aromatic heterocycles. The highest BCUT2D eigenvalue weighted by Gasteiger charge is 2.28. The standard InChI is InChI=1S/C34H40N4/c1-8-34(35,9-2)32-30(11-10-22-36-32)31-21-20-29(23-37-31)38(27-16-12-25(13-17-27)24(3)4)28-18-14-26(15-19-28)33(5,6)7/h10-23H,3,8-9,35H2,1-2,4-7H3. The van der Waals surface area contributed by atoms with Crippen LogP contribution in [-0.2, 0) is 11.0 Å². The Labute approximate surface area is 228 Å². The van der Waals surface area contributed by atoms with Crippen molar-refractivity contribution in [1.82, 2.24) is 9.97 Å². The van der Waals surface area contributed by atoms with Crippen molar-refractivity contribution >= 4 is 22.6 Å². The van der Waals surface area contributed by atoms with Crippen molar-refractivity contribution in [2.75, 3.05) is 4.90 Å². The first-order chi connectivity index (χ1) is 18.1. The van der Waals surface area contributed by atoms with E-state index >= 15 is 0 Å². The molecule has 0 spiro atoms. The van der Waals surface area contributed by atoms with Gasteiger partial charge in [0.2, 0.25) is 0 Å². The van der Waals surface area contributed by atoms with Gasteiger partial charge in [-0.3, -0.25) is 9.97 Å². The summed E-state index contributed by atoms with van der Waals surface area (Å²) in [6, 6.07) is 25.5. The van der Waals surface area contributed by atoms with E-state index in [1.54, 1.807) is 0 Å². The molecule has 4 heteroatoms. The number of nitrogens with zero attached hydrogens (tertiary/aromatic N) is 3. The second kappa shape index (κ2) is 10.9. The van der Waals surface area contributed by atoms with Crippen molar-refractivity contribution < 1.29 is 0 Å². The molecule has 0 unspecified atom stereocenters. The van der Waals surface area contributed by atoms with Crippen LogP contribution in [0.1, 0.15) is 71.2 Å². The monoisotopic (exact) mass is 504 g/mol. The molecule has 0 aliphatic rings. The van der Waals surface area contributed by atoms with E-state index in [1.165, 1.54) is 5.56 Å². The molecule has 0 fully saturated rings. The molecule has 2 aromatic carbocycles. The van der Waals surface area contributed by atoms with E-state index in [9.17, 15) is 0 Å². The quantitative estimate of drug-likeness (QED) is 0.260. The second-order valence-corrected chi connectivity index (χ2v) is 11.1. The van der Waals surface area contributed by atoms with Gasteiger partial charge in [0.1, 0.15) is 0 Å². The van der Waals surface area contributed by atoms with E-state index in [0.29, 0.717) is 0 Å². The van der Waals surface area contributed by atoms with Crippen LogP contribution < -0.4 is 10.6 Å². The first-order valence-electron chi connectivity index (χ1n) is 13.4. The lowest BCUT2D eigenvalue weighted by Crippen LogP contribution is -2.36. The fraction of sp³-hybridized carbons (Fsp3) is 0.294. The molecule has 2 heterocycles. The molecule has 4 rings (SSSR count). The third-order valence-electron chi connectivity index (χ3n) is 7.43. The first-order valence-corrected chi connectivity index (χ1v) is 13.4. The van der Waals surface area contributed by atoms with Gasteiger partial charge in [-0.25, -0.2) is 0 Å². The summed E-state index contributed by atoms with van der Waals surface area (Å²) in [6.45, 7) is 17.0. The molecule has 38 heavy (non-hydrogen) atoms. The number of aromatic nitrogens is 2. The Morgan fingerprint density at radius 1 is 0.816 bits per heavy atom. The predicted octanol–water partition coefficient (Wildman–Crippen LogP) is 8.92. The zero-order valence-electron chi connectivity index (χ0n) is 23.6. The van der Waals surface area contributed by atoms with Gasteiger partial charge in [-0.05, 0) is 84.8 Å². The lowest BCUT2D eigenvalue weighted by molar-refractivity contribution is 0.402. The van der Waals surface area contributed by atoms with Crippen molar-refractivity contribution in [3.8, 4) is 11.3 Å². The summed E-state index contributed by atoms with van der Waals surface area (Å²) in [4.78, 5) is 11.8. The number of nitrogens with two attached hydrogens (primary N) is 1. The Kier molecular flexibility index (Phi) is 7.84. The van der Waals surface area contributed by atoms with Gasteiger partial charge in [0.05, 0.1) is 28.8 Å². The molecule has 2 N–H and O–H groups in total. The molecule has 0 bridgehead atoms. The van der Waals surface area contributed by atoms with E-state index in [2.05, 4.69) is 118 Å². The van der Waals surface area contributed by atoms with Crippen LogP contribution in [0.25, 0.3) is 16.8 Å². The van der Waals surface area contributed by atoms with Gasteiger partial charge in [-0.1, -0.05) is 71.0 Å². The highest BCUT2D eigenvalue weighted by molar-refractivity contribution is 5.78. The van der Waals surface area contributed by atoms with Gasteiger partial charge < -0.3 is 10.6 Å². The Morgan fingerprint density at radius 3 is 1.89 bits per heavy atom. The van der Waals surface area contributed by atoms with Crippen LogP contribution in [-0.4, -0.2) is 9.97 Å². The molecule has 0 aliphatic carbocycles. The molecule has 196 valence electrons. The zero-order valence-corrected chi connectivity index (χ0v) is 23.6. The fourth-order valence-electron chi connectivity index (χ4n) is 4.72. The Morgan fingerprint density at radius 2 is 1.39 bits per heavy atom. The third-order valence-corrected chi connectivity index (χ3v) is 7.43. The van der Waals surface area contributed by atoms with Crippen molar-refractivity contribution in [2.24, 2.45) is 5.73 Å². The maximum atomic E-state index is 6.76. The average Bonchev–Trinajstić information content (AvgIpc) is 2.93. The van der Waals surface area contributed by atoms with Gasteiger partial charge in [0, 0.05) is 23.1 Å².